The number of likely N-dealkylation sites (N-methyl/N-ethyl adjacent to an activating group) is 1. The van der Waals surface area contributed by atoms with Crippen LogP contribution in [0.2, 0.25) is 0 Å². The van der Waals surface area contributed by atoms with Gasteiger partial charge in [0.15, 0.2) is 11.7 Å². The van der Waals surface area contributed by atoms with Gasteiger partial charge in [-0.25, -0.2) is 4.79 Å². The SMILES string of the molecule is C[N+]1(C)CC[C@@H](OC(=O)C(O)(c2ccccc2)C2CCCC2)C1.[Br-]. The van der Waals surface area contributed by atoms with E-state index in [2.05, 4.69) is 14.1 Å². The predicted molar refractivity (Wildman–Crippen MR) is 88.6 cm³/mol. The molecule has 1 saturated heterocycles. The van der Waals surface area contributed by atoms with Gasteiger partial charge in [-0.1, -0.05) is 43.2 Å². The first kappa shape index (κ1) is 19.4. The van der Waals surface area contributed by atoms with Crippen molar-refractivity contribution in [2.75, 3.05) is 27.2 Å². The van der Waals surface area contributed by atoms with E-state index in [0.29, 0.717) is 5.56 Å². The van der Waals surface area contributed by atoms with Crippen LogP contribution >= 0.6 is 0 Å². The molecule has 2 fully saturated rings. The second kappa shape index (κ2) is 7.54. The molecule has 0 radical (unpaired) electrons. The molecule has 1 aromatic carbocycles. The van der Waals surface area contributed by atoms with Gasteiger partial charge in [-0.15, -0.1) is 0 Å². The van der Waals surface area contributed by atoms with Gasteiger partial charge in [-0.05, 0) is 18.4 Å². The van der Waals surface area contributed by atoms with E-state index in [9.17, 15) is 9.90 Å². The summed E-state index contributed by atoms with van der Waals surface area (Å²) in [4.78, 5) is 12.9. The number of nitrogens with zero attached hydrogens (tertiary/aromatic N) is 1. The Hall–Kier alpha value is -0.910. The molecule has 1 saturated carbocycles. The second-order valence-electron chi connectivity index (χ2n) is 7.77. The van der Waals surface area contributed by atoms with Crippen molar-refractivity contribution >= 4 is 5.97 Å². The molecule has 1 aromatic rings. The monoisotopic (exact) mass is 397 g/mol. The van der Waals surface area contributed by atoms with Crippen LogP contribution in [-0.2, 0) is 15.1 Å². The maximum Gasteiger partial charge on any atom is 0.343 e. The highest BCUT2D eigenvalue weighted by Crippen LogP contribution is 2.42. The minimum absolute atomic E-state index is 0. The van der Waals surface area contributed by atoms with Crippen LogP contribution in [0.25, 0.3) is 0 Å². The summed E-state index contributed by atoms with van der Waals surface area (Å²) < 4.78 is 6.64. The number of ether oxygens (including phenoxy) is 1. The fraction of sp³-hybridized carbons (Fsp3) is 0.632. The molecule has 1 N–H and O–H groups in total. The Kier molecular flexibility index (Phi) is 6.10. The van der Waals surface area contributed by atoms with Crippen LogP contribution < -0.4 is 17.0 Å². The van der Waals surface area contributed by atoms with Crippen molar-refractivity contribution in [1.29, 1.82) is 0 Å². The van der Waals surface area contributed by atoms with Gasteiger partial charge in [0.05, 0.1) is 20.6 Å². The number of hydrogen-bond donors (Lipinski definition) is 1. The highest BCUT2D eigenvalue weighted by Gasteiger charge is 2.49. The zero-order valence-corrected chi connectivity index (χ0v) is 16.2. The molecule has 134 valence electrons. The maximum absolute atomic E-state index is 12.9. The first-order chi connectivity index (χ1) is 10.9. The van der Waals surface area contributed by atoms with Gasteiger partial charge in [-0.2, -0.15) is 0 Å². The van der Waals surface area contributed by atoms with Crippen LogP contribution in [-0.4, -0.2) is 48.8 Å². The lowest BCUT2D eigenvalue weighted by Crippen LogP contribution is -3.00. The first-order valence-corrected chi connectivity index (χ1v) is 8.73. The minimum atomic E-state index is -1.50. The summed E-state index contributed by atoms with van der Waals surface area (Å²) in [7, 11) is 4.29. The molecular weight excluding hydrogens is 370 g/mol. The number of esters is 1. The van der Waals surface area contributed by atoms with Gasteiger partial charge in [0, 0.05) is 12.3 Å². The van der Waals surface area contributed by atoms with Crippen LogP contribution in [0, 0.1) is 5.92 Å². The fourth-order valence-electron chi connectivity index (χ4n) is 4.12. The van der Waals surface area contributed by atoms with E-state index in [-0.39, 0.29) is 29.0 Å². The summed E-state index contributed by atoms with van der Waals surface area (Å²) >= 11 is 0. The second-order valence-corrected chi connectivity index (χ2v) is 7.77. The van der Waals surface area contributed by atoms with E-state index in [0.717, 1.165) is 49.7 Å². The molecule has 5 heteroatoms. The third-order valence-corrected chi connectivity index (χ3v) is 5.50. The molecule has 2 aliphatic rings. The summed E-state index contributed by atoms with van der Waals surface area (Å²) in [5.41, 5.74) is -0.832. The Morgan fingerprint density at radius 2 is 1.79 bits per heavy atom. The van der Waals surface area contributed by atoms with E-state index in [1.54, 1.807) is 0 Å². The number of rotatable bonds is 4. The van der Waals surface area contributed by atoms with Crippen molar-refractivity contribution in [2.45, 2.75) is 43.8 Å². The van der Waals surface area contributed by atoms with Crippen molar-refractivity contribution in [3.63, 3.8) is 0 Å². The predicted octanol–water partition coefficient (Wildman–Crippen LogP) is -0.540. The average Bonchev–Trinajstić information content (AvgIpc) is 3.17. The molecule has 1 aliphatic heterocycles. The lowest BCUT2D eigenvalue weighted by atomic mass is 9.80. The quantitative estimate of drug-likeness (QED) is 0.548. The first-order valence-electron chi connectivity index (χ1n) is 8.73. The average molecular weight is 398 g/mol. The molecule has 1 heterocycles. The number of carbonyl (C=O) groups excluding carboxylic acids is 1. The van der Waals surface area contributed by atoms with E-state index < -0.39 is 11.6 Å². The zero-order chi connectivity index (χ0) is 16.5. The molecule has 0 spiro atoms. The zero-order valence-electron chi connectivity index (χ0n) is 14.6. The van der Waals surface area contributed by atoms with E-state index in [1.807, 2.05) is 30.3 Å². The van der Waals surface area contributed by atoms with Crippen molar-refractivity contribution in [3.8, 4) is 0 Å². The summed E-state index contributed by atoms with van der Waals surface area (Å²) in [5, 5.41) is 11.4. The molecule has 3 rings (SSSR count). The standard InChI is InChI=1S/C19H28NO3.BrH/c1-20(2)13-12-17(14-20)23-18(21)19(22,16-10-6-7-11-16)15-8-4-3-5-9-15;/h3-5,8-9,16-17,22H,6-7,10-14H2,1-2H3;1H/q+1;/p-1/t17-,19?;/m1./s1. The van der Waals surface area contributed by atoms with E-state index >= 15 is 0 Å². The largest absolute Gasteiger partial charge is 1.00 e. The molecular formula is C19H28BrNO3. The minimum Gasteiger partial charge on any atom is -1.00 e. The fourth-order valence-corrected chi connectivity index (χ4v) is 4.12. The highest BCUT2D eigenvalue weighted by molar-refractivity contribution is 5.81. The maximum atomic E-state index is 12.9. The van der Waals surface area contributed by atoms with Gasteiger partial charge < -0.3 is 31.3 Å². The number of hydrogen-bond acceptors (Lipinski definition) is 3. The third-order valence-electron chi connectivity index (χ3n) is 5.50. The molecule has 24 heavy (non-hydrogen) atoms. The van der Waals surface area contributed by atoms with Crippen molar-refractivity contribution in [2.24, 2.45) is 5.92 Å². The number of carbonyl (C=O) groups is 1. The van der Waals surface area contributed by atoms with Gasteiger partial charge >= 0.3 is 5.97 Å². The molecule has 1 aliphatic carbocycles. The normalized spacial score (nSPS) is 25.7. The van der Waals surface area contributed by atoms with Gasteiger partial charge in [-0.3, -0.25) is 0 Å². The van der Waals surface area contributed by atoms with E-state index in [1.165, 1.54) is 0 Å². The smallest absolute Gasteiger partial charge is 0.343 e. The Bertz CT molecular complexity index is 557. The molecule has 2 atom stereocenters. The Labute approximate surface area is 155 Å². The number of aliphatic hydroxyl groups is 1. The van der Waals surface area contributed by atoms with E-state index in [4.69, 9.17) is 4.74 Å². The number of benzene rings is 1. The molecule has 0 bridgehead atoms. The number of likely N-dealkylation sites (tertiary alicyclic amines) is 1. The summed E-state index contributed by atoms with van der Waals surface area (Å²) in [6.07, 6.45) is 4.68. The number of halogens is 1. The Morgan fingerprint density at radius 3 is 2.33 bits per heavy atom. The summed E-state index contributed by atoms with van der Waals surface area (Å²) in [6.45, 7) is 1.83. The number of quaternary nitrogens is 1. The van der Waals surface area contributed by atoms with Crippen LogP contribution in [0.4, 0.5) is 0 Å². The van der Waals surface area contributed by atoms with Crippen molar-refractivity contribution in [1.82, 2.24) is 0 Å². The lowest BCUT2D eigenvalue weighted by Gasteiger charge is -2.33. The highest BCUT2D eigenvalue weighted by atomic mass is 79.9. The van der Waals surface area contributed by atoms with Crippen LogP contribution in [0.15, 0.2) is 30.3 Å². The molecule has 0 aromatic heterocycles. The topological polar surface area (TPSA) is 46.5 Å². The van der Waals surface area contributed by atoms with Gasteiger partial charge in [0.25, 0.3) is 0 Å². The summed E-state index contributed by atoms with van der Waals surface area (Å²) in [6, 6.07) is 9.33. The van der Waals surface area contributed by atoms with Crippen molar-refractivity contribution < 1.29 is 36.1 Å². The van der Waals surface area contributed by atoms with Crippen LogP contribution in [0.5, 0.6) is 0 Å². The lowest BCUT2D eigenvalue weighted by molar-refractivity contribution is -0.879. The Morgan fingerprint density at radius 1 is 1.17 bits per heavy atom. The van der Waals surface area contributed by atoms with Crippen LogP contribution in [0.1, 0.15) is 37.7 Å². The summed E-state index contributed by atoms with van der Waals surface area (Å²) in [5.74, 6) is -0.496. The third kappa shape index (κ3) is 3.84. The van der Waals surface area contributed by atoms with Gasteiger partial charge in [0.1, 0.15) is 6.54 Å². The van der Waals surface area contributed by atoms with Gasteiger partial charge in [0.2, 0.25) is 0 Å². The Balaban J connectivity index is 0.00000208. The molecule has 4 nitrogen and oxygen atoms in total. The molecule has 1 unspecified atom stereocenters. The van der Waals surface area contributed by atoms with Crippen LogP contribution in [0.3, 0.4) is 0 Å². The molecule has 0 amide bonds. The van der Waals surface area contributed by atoms with Crippen molar-refractivity contribution in [3.05, 3.63) is 35.9 Å².